The molecule has 0 spiro atoms. The Balaban J connectivity index is 3.79. The van der Waals surface area contributed by atoms with Crippen molar-refractivity contribution < 1.29 is 19.1 Å². The Labute approximate surface area is 89.1 Å². The van der Waals surface area contributed by atoms with Crippen molar-refractivity contribution in [3.8, 4) is 0 Å². The van der Waals surface area contributed by atoms with Crippen molar-refractivity contribution in [1.82, 2.24) is 5.32 Å². The van der Waals surface area contributed by atoms with Crippen molar-refractivity contribution in [2.45, 2.75) is 26.6 Å². The minimum Gasteiger partial charge on any atom is -0.424 e. The minimum atomic E-state index is -0.863. The zero-order valence-electron chi connectivity index (χ0n) is 9.12. The standard InChI is InChI=1S/C9H18N2O4/c1-7(12)14-9(15-8(2)13)6-11-5-3-4-10/h9,11H,3-6,10H2,1-2H3. The highest BCUT2D eigenvalue weighted by Crippen LogP contribution is 1.95. The molecule has 6 nitrogen and oxygen atoms in total. The highest BCUT2D eigenvalue weighted by atomic mass is 16.7. The highest BCUT2D eigenvalue weighted by Gasteiger charge is 2.13. The second kappa shape index (κ2) is 8.19. The van der Waals surface area contributed by atoms with Crippen LogP contribution in [0.3, 0.4) is 0 Å². The number of carbonyl (C=O) groups excluding carboxylic acids is 2. The van der Waals surface area contributed by atoms with Crippen LogP contribution < -0.4 is 11.1 Å². The maximum atomic E-state index is 10.7. The molecule has 6 heteroatoms. The van der Waals surface area contributed by atoms with Gasteiger partial charge in [0.05, 0.1) is 6.54 Å². The Morgan fingerprint density at radius 2 is 1.80 bits per heavy atom. The number of nitrogens with two attached hydrogens (primary N) is 1. The van der Waals surface area contributed by atoms with E-state index in [0.717, 1.165) is 6.42 Å². The van der Waals surface area contributed by atoms with Crippen LogP contribution in [0.25, 0.3) is 0 Å². The van der Waals surface area contributed by atoms with E-state index in [1.54, 1.807) is 0 Å². The molecule has 0 saturated heterocycles. The molecule has 0 unspecified atom stereocenters. The summed E-state index contributed by atoms with van der Waals surface area (Å²) in [6, 6.07) is 0. The Morgan fingerprint density at radius 3 is 2.20 bits per heavy atom. The van der Waals surface area contributed by atoms with Gasteiger partial charge in [-0.1, -0.05) is 0 Å². The van der Waals surface area contributed by atoms with E-state index < -0.39 is 18.2 Å². The fraction of sp³-hybridized carbons (Fsp3) is 0.778. The predicted molar refractivity (Wildman–Crippen MR) is 53.9 cm³/mol. The van der Waals surface area contributed by atoms with Crippen molar-refractivity contribution >= 4 is 11.9 Å². The van der Waals surface area contributed by atoms with E-state index in [9.17, 15) is 9.59 Å². The van der Waals surface area contributed by atoms with Crippen LogP contribution in [-0.2, 0) is 19.1 Å². The summed E-state index contributed by atoms with van der Waals surface area (Å²) < 4.78 is 9.53. The molecule has 0 amide bonds. The summed E-state index contributed by atoms with van der Waals surface area (Å²) in [5, 5.41) is 2.96. The monoisotopic (exact) mass is 218 g/mol. The quantitative estimate of drug-likeness (QED) is 0.336. The zero-order valence-corrected chi connectivity index (χ0v) is 9.12. The van der Waals surface area contributed by atoms with Crippen LogP contribution in [0.2, 0.25) is 0 Å². The Kier molecular flexibility index (Phi) is 7.57. The molecule has 0 aromatic rings. The molecule has 0 aromatic heterocycles. The second-order valence-corrected chi connectivity index (χ2v) is 2.99. The molecule has 0 atom stereocenters. The number of ether oxygens (including phenoxy) is 2. The Bertz CT molecular complexity index is 192. The predicted octanol–water partition coefficient (Wildman–Crippen LogP) is -0.623. The lowest BCUT2D eigenvalue weighted by atomic mass is 10.4. The maximum absolute atomic E-state index is 10.7. The first-order valence-corrected chi connectivity index (χ1v) is 4.81. The zero-order chi connectivity index (χ0) is 11.7. The van der Waals surface area contributed by atoms with Crippen LogP contribution in [0.1, 0.15) is 20.3 Å². The minimum absolute atomic E-state index is 0.277. The summed E-state index contributed by atoms with van der Waals surface area (Å²) in [7, 11) is 0. The van der Waals surface area contributed by atoms with E-state index in [2.05, 4.69) is 5.32 Å². The molecule has 0 saturated carbocycles. The van der Waals surface area contributed by atoms with Gasteiger partial charge < -0.3 is 20.5 Å². The lowest BCUT2D eigenvalue weighted by Gasteiger charge is -2.16. The third-order valence-corrected chi connectivity index (χ3v) is 1.46. The molecular weight excluding hydrogens is 200 g/mol. The van der Waals surface area contributed by atoms with Crippen LogP contribution in [-0.4, -0.2) is 37.9 Å². The molecule has 0 bridgehead atoms. The third-order valence-electron chi connectivity index (χ3n) is 1.46. The number of esters is 2. The summed E-state index contributed by atoms with van der Waals surface area (Å²) in [6.07, 6.45) is -0.0508. The fourth-order valence-corrected chi connectivity index (χ4v) is 0.925. The van der Waals surface area contributed by atoms with Gasteiger partial charge in [-0.25, -0.2) is 0 Å². The van der Waals surface area contributed by atoms with E-state index in [-0.39, 0.29) is 6.54 Å². The lowest BCUT2D eigenvalue weighted by Crippen LogP contribution is -2.34. The number of hydrogen-bond acceptors (Lipinski definition) is 6. The van der Waals surface area contributed by atoms with Gasteiger partial charge in [0.25, 0.3) is 6.29 Å². The Morgan fingerprint density at radius 1 is 1.27 bits per heavy atom. The van der Waals surface area contributed by atoms with Crippen LogP contribution in [0.4, 0.5) is 0 Å². The van der Waals surface area contributed by atoms with Crippen LogP contribution in [0.5, 0.6) is 0 Å². The van der Waals surface area contributed by atoms with Crippen molar-refractivity contribution in [2.24, 2.45) is 5.73 Å². The van der Waals surface area contributed by atoms with Gasteiger partial charge in [0, 0.05) is 13.8 Å². The fourth-order valence-electron chi connectivity index (χ4n) is 0.925. The molecule has 0 aliphatic heterocycles. The molecule has 0 fully saturated rings. The summed E-state index contributed by atoms with van der Waals surface area (Å²) in [4.78, 5) is 21.3. The number of carbonyl (C=O) groups is 2. The van der Waals surface area contributed by atoms with E-state index in [0.29, 0.717) is 13.1 Å². The summed E-state index contributed by atoms with van der Waals surface area (Å²) in [5.41, 5.74) is 5.30. The van der Waals surface area contributed by atoms with Crippen LogP contribution in [0.15, 0.2) is 0 Å². The van der Waals surface area contributed by atoms with Gasteiger partial charge in [0.15, 0.2) is 0 Å². The summed E-state index contributed by atoms with van der Waals surface area (Å²) in [6.45, 7) is 4.07. The van der Waals surface area contributed by atoms with Gasteiger partial charge in [-0.15, -0.1) is 0 Å². The van der Waals surface area contributed by atoms with Crippen molar-refractivity contribution in [3.63, 3.8) is 0 Å². The number of nitrogens with one attached hydrogen (secondary N) is 1. The third kappa shape index (κ3) is 9.17. The second-order valence-electron chi connectivity index (χ2n) is 2.99. The summed E-state index contributed by atoms with van der Waals surface area (Å²) in [5.74, 6) is -0.969. The average Bonchev–Trinajstić information content (AvgIpc) is 2.10. The van der Waals surface area contributed by atoms with Gasteiger partial charge in [-0.3, -0.25) is 9.59 Å². The first-order valence-electron chi connectivity index (χ1n) is 4.81. The SMILES string of the molecule is CC(=O)OC(CNCCCN)OC(C)=O. The smallest absolute Gasteiger partial charge is 0.305 e. The lowest BCUT2D eigenvalue weighted by molar-refractivity contribution is -0.183. The van der Waals surface area contributed by atoms with Crippen LogP contribution in [0, 0.1) is 0 Å². The Hall–Kier alpha value is -1.14. The first-order chi connectivity index (χ1) is 7.06. The first kappa shape index (κ1) is 13.9. The van der Waals surface area contributed by atoms with E-state index in [4.69, 9.17) is 15.2 Å². The topological polar surface area (TPSA) is 90.7 Å². The molecule has 88 valence electrons. The van der Waals surface area contributed by atoms with Crippen molar-refractivity contribution in [3.05, 3.63) is 0 Å². The van der Waals surface area contributed by atoms with Gasteiger partial charge in [0.1, 0.15) is 0 Å². The van der Waals surface area contributed by atoms with E-state index >= 15 is 0 Å². The summed E-state index contributed by atoms with van der Waals surface area (Å²) >= 11 is 0. The van der Waals surface area contributed by atoms with Crippen LogP contribution >= 0.6 is 0 Å². The molecule has 15 heavy (non-hydrogen) atoms. The van der Waals surface area contributed by atoms with Gasteiger partial charge in [-0.05, 0) is 19.5 Å². The molecule has 0 heterocycles. The average molecular weight is 218 g/mol. The normalized spacial score (nSPS) is 10.1. The molecule has 0 aromatic carbocycles. The van der Waals surface area contributed by atoms with E-state index in [1.165, 1.54) is 13.8 Å². The highest BCUT2D eigenvalue weighted by molar-refractivity contribution is 5.68. The molecule has 0 rings (SSSR count). The van der Waals surface area contributed by atoms with Gasteiger partial charge >= 0.3 is 11.9 Å². The molecule has 0 aliphatic rings. The molecule has 3 N–H and O–H groups in total. The number of hydrogen-bond donors (Lipinski definition) is 2. The molecule has 0 aliphatic carbocycles. The molecule has 0 radical (unpaired) electrons. The molecular formula is C9H18N2O4. The van der Waals surface area contributed by atoms with Crippen molar-refractivity contribution in [1.29, 1.82) is 0 Å². The largest absolute Gasteiger partial charge is 0.424 e. The van der Waals surface area contributed by atoms with Gasteiger partial charge in [0.2, 0.25) is 0 Å². The van der Waals surface area contributed by atoms with Crippen molar-refractivity contribution in [2.75, 3.05) is 19.6 Å². The number of rotatable bonds is 7. The van der Waals surface area contributed by atoms with Gasteiger partial charge in [-0.2, -0.15) is 0 Å². The van der Waals surface area contributed by atoms with E-state index in [1.807, 2.05) is 0 Å². The maximum Gasteiger partial charge on any atom is 0.305 e.